The average Bonchev–Trinajstić information content (AvgIpc) is 3.01. The topological polar surface area (TPSA) is 36.4 Å². The Morgan fingerprint density at radius 3 is 2.71 bits per heavy atom. The van der Waals surface area contributed by atoms with Crippen LogP contribution in [0.4, 0.5) is 5.13 Å². The summed E-state index contributed by atoms with van der Waals surface area (Å²) in [4.78, 5) is 7.13. The minimum absolute atomic E-state index is 0.209. The number of rotatable bonds is 3. The van der Waals surface area contributed by atoms with Gasteiger partial charge in [0.05, 0.1) is 15.8 Å². The molecule has 3 aromatic rings. The van der Waals surface area contributed by atoms with Crippen LogP contribution in [-0.4, -0.2) is 28.8 Å². The van der Waals surface area contributed by atoms with E-state index in [-0.39, 0.29) is 5.92 Å². The molecule has 2 aromatic carbocycles. The molecule has 0 unspecified atom stereocenters. The Hall–Kier alpha value is -1.91. The molecular formula is C20H22N2OS. The third kappa shape index (κ3) is 3.04. The van der Waals surface area contributed by atoms with Crippen molar-refractivity contribution in [3.63, 3.8) is 0 Å². The number of aliphatic hydroxyl groups is 1. The van der Waals surface area contributed by atoms with Crippen LogP contribution in [0.5, 0.6) is 0 Å². The van der Waals surface area contributed by atoms with Gasteiger partial charge in [0, 0.05) is 19.0 Å². The van der Waals surface area contributed by atoms with Gasteiger partial charge < -0.3 is 10.0 Å². The number of anilines is 1. The number of piperidine rings is 1. The molecule has 2 atom stereocenters. The molecule has 24 heavy (non-hydrogen) atoms. The Bertz CT molecular complexity index is 795. The summed E-state index contributed by atoms with van der Waals surface area (Å²) in [5, 5.41) is 11.9. The Morgan fingerprint density at radius 2 is 1.92 bits per heavy atom. The summed E-state index contributed by atoms with van der Waals surface area (Å²) < 4.78 is 1.23. The lowest BCUT2D eigenvalue weighted by molar-refractivity contribution is -0.0166. The quantitative estimate of drug-likeness (QED) is 0.780. The fraction of sp³-hybridized carbons (Fsp3) is 0.350. The van der Waals surface area contributed by atoms with Gasteiger partial charge in [-0.1, -0.05) is 53.8 Å². The van der Waals surface area contributed by atoms with Gasteiger partial charge in [-0.2, -0.15) is 0 Å². The molecule has 0 spiro atoms. The lowest BCUT2D eigenvalue weighted by Gasteiger charge is -2.42. The van der Waals surface area contributed by atoms with Crippen molar-refractivity contribution in [3.05, 3.63) is 60.2 Å². The van der Waals surface area contributed by atoms with Crippen LogP contribution in [0.2, 0.25) is 0 Å². The predicted molar refractivity (Wildman–Crippen MR) is 101 cm³/mol. The van der Waals surface area contributed by atoms with Crippen LogP contribution in [0, 0.1) is 5.92 Å². The number of hydrogen-bond donors (Lipinski definition) is 1. The van der Waals surface area contributed by atoms with Gasteiger partial charge in [-0.3, -0.25) is 0 Å². The first-order chi connectivity index (χ1) is 11.6. The second-order valence-electron chi connectivity index (χ2n) is 6.90. The number of fused-ring (bicyclic) bond motifs is 1. The first-order valence-electron chi connectivity index (χ1n) is 8.49. The molecular weight excluding hydrogens is 316 g/mol. The van der Waals surface area contributed by atoms with Crippen LogP contribution >= 0.6 is 11.3 Å². The molecule has 0 bridgehead atoms. The van der Waals surface area contributed by atoms with Gasteiger partial charge >= 0.3 is 0 Å². The standard InChI is InChI=1S/C20H22N2OS/c1-20(23)11-12-22(14-16(20)13-15-7-3-2-4-8-15)19-21-17-9-5-6-10-18(17)24-19/h2-10,16,23H,11-14H2,1H3/t16-,20+/m0/s1. The summed E-state index contributed by atoms with van der Waals surface area (Å²) in [5.74, 6) is 0.209. The predicted octanol–water partition coefficient (Wildman–Crippen LogP) is 4.12. The minimum atomic E-state index is -0.622. The fourth-order valence-electron chi connectivity index (χ4n) is 3.47. The Kier molecular flexibility index (Phi) is 4.02. The molecule has 4 rings (SSSR count). The third-order valence-electron chi connectivity index (χ3n) is 5.09. The van der Waals surface area contributed by atoms with Crippen LogP contribution in [0.25, 0.3) is 10.2 Å². The van der Waals surface area contributed by atoms with Crippen molar-refractivity contribution in [3.8, 4) is 0 Å². The molecule has 1 aliphatic rings. The van der Waals surface area contributed by atoms with Crippen molar-refractivity contribution in [2.45, 2.75) is 25.4 Å². The first kappa shape index (κ1) is 15.6. The van der Waals surface area contributed by atoms with Crippen LogP contribution in [-0.2, 0) is 6.42 Å². The van der Waals surface area contributed by atoms with Gasteiger partial charge in [-0.25, -0.2) is 4.98 Å². The van der Waals surface area contributed by atoms with Crippen molar-refractivity contribution < 1.29 is 5.11 Å². The zero-order valence-corrected chi connectivity index (χ0v) is 14.7. The van der Waals surface area contributed by atoms with E-state index in [1.165, 1.54) is 10.3 Å². The van der Waals surface area contributed by atoms with Gasteiger partial charge in [-0.15, -0.1) is 0 Å². The molecule has 1 saturated heterocycles. The molecule has 0 radical (unpaired) electrons. The summed E-state index contributed by atoms with van der Waals surface area (Å²) in [5.41, 5.74) is 1.73. The lowest BCUT2D eigenvalue weighted by Crippen LogP contribution is -2.51. The Morgan fingerprint density at radius 1 is 1.17 bits per heavy atom. The number of benzene rings is 2. The zero-order valence-electron chi connectivity index (χ0n) is 13.9. The van der Waals surface area contributed by atoms with Crippen molar-refractivity contribution in [2.24, 2.45) is 5.92 Å². The van der Waals surface area contributed by atoms with E-state index in [1.807, 2.05) is 19.1 Å². The summed E-state index contributed by atoms with van der Waals surface area (Å²) in [6.45, 7) is 3.69. The molecule has 4 heteroatoms. The Balaban J connectivity index is 1.57. The zero-order chi connectivity index (χ0) is 16.6. The third-order valence-corrected chi connectivity index (χ3v) is 6.18. The van der Waals surface area contributed by atoms with E-state index in [1.54, 1.807) is 11.3 Å². The number of thiazole rings is 1. The van der Waals surface area contributed by atoms with Crippen molar-refractivity contribution >= 4 is 26.7 Å². The van der Waals surface area contributed by atoms with Gasteiger partial charge in [0.15, 0.2) is 5.13 Å². The summed E-state index contributed by atoms with van der Waals surface area (Å²) in [6, 6.07) is 18.7. The maximum Gasteiger partial charge on any atom is 0.186 e. The van der Waals surface area contributed by atoms with E-state index in [2.05, 4.69) is 47.4 Å². The second kappa shape index (κ2) is 6.19. The average molecular weight is 338 g/mol. The highest BCUT2D eigenvalue weighted by Gasteiger charge is 2.38. The molecule has 1 N–H and O–H groups in total. The van der Waals surface area contributed by atoms with E-state index in [0.717, 1.165) is 36.6 Å². The largest absolute Gasteiger partial charge is 0.390 e. The van der Waals surface area contributed by atoms with Crippen LogP contribution in [0.3, 0.4) is 0 Å². The van der Waals surface area contributed by atoms with Crippen LogP contribution < -0.4 is 4.90 Å². The van der Waals surface area contributed by atoms with Crippen LogP contribution in [0.15, 0.2) is 54.6 Å². The molecule has 1 aliphatic heterocycles. The summed E-state index contributed by atoms with van der Waals surface area (Å²) >= 11 is 1.75. The van der Waals surface area contributed by atoms with Crippen LogP contribution in [0.1, 0.15) is 18.9 Å². The van der Waals surface area contributed by atoms with E-state index < -0.39 is 5.60 Å². The fourth-order valence-corrected chi connectivity index (χ4v) is 4.47. The molecule has 1 fully saturated rings. The second-order valence-corrected chi connectivity index (χ2v) is 7.91. The lowest BCUT2D eigenvalue weighted by atomic mass is 9.79. The maximum atomic E-state index is 10.9. The smallest absolute Gasteiger partial charge is 0.186 e. The monoisotopic (exact) mass is 338 g/mol. The molecule has 1 aromatic heterocycles. The number of hydrogen-bond acceptors (Lipinski definition) is 4. The molecule has 0 amide bonds. The normalized spacial score (nSPS) is 24.4. The molecule has 2 heterocycles. The van der Waals surface area contributed by atoms with Gasteiger partial charge in [0.25, 0.3) is 0 Å². The minimum Gasteiger partial charge on any atom is -0.390 e. The molecule has 3 nitrogen and oxygen atoms in total. The highest BCUT2D eigenvalue weighted by atomic mass is 32.1. The highest BCUT2D eigenvalue weighted by Crippen LogP contribution is 2.36. The summed E-state index contributed by atoms with van der Waals surface area (Å²) in [7, 11) is 0. The molecule has 0 aliphatic carbocycles. The van der Waals surface area contributed by atoms with E-state index in [4.69, 9.17) is 4.98 Å². The number of nitrogens with zero attached hydrogens (tertiary/aromatic N) is 2. The van der Waals surface area contributed by atoms with E-state index in [0.29, 0.717) is 0 Å². The van der Waals surface area contributed by atoms with Gasteiger partial charge in [0.2, 0.25) is 0 Å². The van der Waals surface area contributed by atoms with Gasteiger partial charge in [0.1, 0.15) is 0 Å². The van der Waals surface area contributed by atoms with Crippen molar-refractivity contribution in [1.82, 2.24) is 4.98 Å². The van der Waals surface area contributed by atoms with E-state index >= 15 is 0 Å². The molecule has 0 saturated carbocycles. The number of para-hydroxylation sites is 1. The SMILES string of the molecule is C[C@@]1(O)CCN(c2nc3ccccc3s2)C[C@@H]1Cc1ccccc1. The van der Waals surface area contributed by atoms with Gasteiger partial charge in [-0.05, 0) is 37.5 Å². The first-order valence-corrected chi connectivity index (χ1v) is 9.30. The Labute approximate surface area is 146 Å². The highest BCUT2D eigenvalue weighted by molar-refractivity contribution is 7.22. The summed E-state index contributed by atoms with van der Waals surface area (Å²) in [6.07, 6.45) is 1.68. The molecule has 124 valence electrons. The maximum absolute atomic E-state index is 10.9. The van der Waals surface area contributed by atoms with E-state index in [9.17, 15) is 5.11 Å². The van der Waals surface area contributed by atoms with Crippen molar-refractivity contribution in [1.29, 1.82) is 0 Å². The van der Waals surface area contributed by atoms with Crippen molar-refractivity contribution in [2.75, 3.05) is 18.0 Å². The number of aromatic nitrogens is 1.